The summed E-state index contributed by atoms with van der Waals surface area (Å²) in [5, 5.41) is 3.22. The van der Waals surface area contributed by atoms with E-state index in [2.05, 4.69) is 19.2 Å². The van der Waals surface area contributed by atoms with Gasteiger partial charge in [-0.2, -0.15) is 0 Å². The first-order valence-electron chi connectivity index (χ1n) is 8.56. The van der Waals surface area contributed by atoms with E-state index in [-0.39, 0.29) is 5.91 Å². The molecule has 0 aliphatic heterocycles. The number of ether oxygens (including phenoxy) is 2. The van der Waals surface area contributed by atoms with Crippen LogP contribution in [0, 0.1) is 11.8 Å². The third-order valence-electron chi connectivity index (χ3n) is 5.16. The minimum atomic E-state index is 0.126. The van der Waals surface area contributed by atoms with Gasteiger partial charge in [0.05, 0.1) is 14.2 Å². The molecule has 1 aliphatic rings. The molecule has 0 heterocycles. The average Bonchev–Trinajstić information content (AvgIpc) is 2.56. The summed E-state index contributed by atoms with van der Waals surface area (Å²) in [6.45, 7) is 4.53. The first-order chi connectivity index (χ1) is 11.1. The largest absolute Gasteiger partial charge is 0.493 e. The zero-order chi connectivity index (χ0) is 16.8. The Morgan fingerprint density at radius 3 is 2.70 bits per heavy atom. The lowest BCUT2D eigenvalue weighted by Crippen LogP contribution is -2.43. The first kappa shape index (κ1) is 17.6. The highest BCUT2D eigenvalue weighted by atomic mass is 16.5. The van der Waals surface area contributed by atoms with Crippen molar-refractivity contribution in [1.29, 1.82) is 0 Å². The molecule has 0 unspecified atom stereocenters. The predicted molar refractivity (Wildman–Crippen MR) is 92.0 cm³/mol. The van der Waals surface area contributed by atoms with Gasteiger partial charge in [0.15, 0.2) is 11.5 Å². The summed E-state index contributed by atoms with van der Waals surface area (Å²) in [6.07, 6.45) is 4.71. The molecule has 0 spiro atoms. The van der Waals surface area contributed by atoms with E-state index < -0.39 is 0 Å². The van der Waals surface area contributed by atoms with Gasteiger partial charge in [0.2, 0.25) is 5.91 Å². The summed E-state index contributed by atoms with van der Waals surface area (Å²) in [6, 6.07) is 6.10. The Morgan fingerprint density at radius 2 is 2.00 bits per heavy atom. The zero-order valence-electron chi connectivity index (χ0n) is 14.7. The lowest BCUT2D eigenvalue weighted by atomic mass is 9.78. The molecule has 1 aromatic rings. The van der Waals surface area contributed by atoms with Gasteiger partial charge in [-0.15, -0.1) is 0 Å². The van der Waals surface area contributed by atoms with E-state index in [0.29, 0.717) is 36.5 Å². The number of methoxy groups -OCH3 is 2. The topological polar surface area (TPSA) is 47.6 Å². The summed E-state index contributed by atoms with van der Waals surface area (Å²) in [5.41, 5.74) is 1.01. The zero-order valence-corrected chi connectivity index (χ0v) is 14.7. The van der Waals surface area contributed by atoms with Crippen molar-refractivity contribution in [2.45, 2.75) is 52.0 Å². The van der Waals surface area contributed by atoms with E-state index in [1.54, 1.807) is 14.2 Å². The first-order valence-corrected chi connectivity index (χ1v) is 8.56. The van der Waals surface area contributed by atoms with E-state index in [4.69, 9.17) is 9.47 Å². The molecule has 1 aromatic carbocycles. The Bertz CT molecular complexity index is 529. The summed E-state index contributed by atoms with van der Waals surface area (Å²) in [4.78, 5) is 12.3. The Morgan fingerprint density at radius 1 is 1.22 bits per heavy atom. The second-order valence-electron chi connectivity index (χ2n) is 6.59. The molecule has 3 atom stereocenters. The van der Waals surface area contributed by atoms with Crippen molar-refractivity contribution in [2.75, 3.05) is 14.2 Å². The molecule has 128 valence electrons. The molecule has 1 aliphatic carbocycles. The minimum absolute atomic E-state index is 0.126. The maximum absolute atomic E-state index is 12.3. The summed E-state index contributed by atoms with van der Waals surface area (Å²) in [5.74, 6) is 2.80. The van der Waals surface area contributed by atoms with Crippen LogP contribution in [0.5, 0.6) is 11.5 Å². The number of hydrogen-bond donors (Lipinski definition) is 1. The van der Waals surface area contributed by atoms with E-state index in [0.717, 1.165) is 17.7 Å². The van der Waals surface area contributed by atoms with Gasteiger partial charge in [0, 0.05) is 12.5 Å². The van der Waals surface area contributed by atoms with Crippen LogP contribution in [0.2, 0.25) is 0 Å². The van der Waals surface area contributed by atoms with Crippen molar-refractivity contribution in [3.63, 3.8) is 0 Å². The van der Waals surface area contributed by atoms with E-state index in [9.17, 15) is 4.79 Å². The molecular weight excluding hydrogens is 290 g/mol. The molecule has 1 N–H and O–H groups in total. The van der Waals surface area contributed by atoms with Crippen molar-refractivity contribution in [3.05, 3.63) is 23.8 Å². The number of hydrogen-bond acceptors (Lipinski definition) is 3. The van der Waals surface area contributed by atoms with Crippen molar-refractivity contribution in [1.82, 2.24) is 5.32 Å². The minimum Gasteiger partial charge on any atom is -0.493 e. The fourth-order valence-electron chi connectivity index (χ4n) is 3.46. The van der Waals surface area contributed by atoms with Gasteiger partial charge in [-0.3, -0.25) is 4.79 Å². The highest BCUT2D eigenvalue weighted by Gasteiger charge is 2.28. The van der Waals surface area contributed by atoms with Crippen LogP contribution < -0.4 is 14.8 Å². The van der Waals surface area contributed by atoms with Gasteiger partial charge in [-0.05, 0) is 36.3 Å². The van der Waals surface area contributed by atoms with E-state index in [1.165, 1.54) is 12.8 Å². The number of benzene rings is 1. The molecule has 1 saturated carbocycles. The second kappa shape index (κ2) is 8.23. The number of amides is 1. The maximum atomic E-state index is 12.3. The summed E-state index contributed by atoms with van der Waals surface area (Å²) < 4.78 is 10.7. The molecule has 1 fully saturated rings. The normalized spacial score (nSPS) is 24.1. The maximum Gasteiger partial charge on any atom is 0.220 e. The van der Waals surface area contributed by atoms with Crippen molar-refractivity contribution >= 4 is 5.91 Å². The highest BCUT2D eigenvalue weighted by molar-refractivity contribution is 5.76. The molecule has 4 nitrogen and oxygen atoms in total. The van der Waals surface area contributed by atoms with Crippen LogP contribution in [0.4, 0.5) is 0 Å². The van der Waals surface area contributed by atoms with Crippen LogP contribution in [0.15, 0.2) is 18.2 Å². The van der Waals surface area contributed by atoms with Crippen LogP contribution in [0.3, 0.4) is 0 Å². The summed E-state index contributed by atoms with van der Waals surface area (Å²) >= 11 is 0. The number of aryl methyl sites for hydroxylation is 1. The van der Waals surface area contributed by atoms with Gasteiger partial charge in [0.1, 0.15) is 0 Å². The monoisotopic (exact) mass is 319 g/mol. The molecule has 2 rings (SSSR count). The molecular formula is C19H29NO3. The van der Waals surface area contributed by atoms with Crippen LogP contribution in [-0.2, 0) is 11.2 Å². The fraction of sp³-hybridized carbons (Fsp3) is 0.632. The predicted octanol–water partition coefficient (Wildman–Crippen LogP) is 3.58. The smallest absolute Gasteiger partial charge is 0.220 e. The Kier molecular flexibility index (Phi) is 6.31. The van der Waals surface area contributed by atoms with E-state index in [1.807, 2.05) is 18.2 Å². The number of nitrogens with one attached hydrogen (secondary N) is 1. The van der Waals surface area contributed by atoms with Gasteiger partial charge < -0.3 is 14.8 Å². The van der Waals surface area contributed by atoms with Gasteiger partial charge >= 0.3 is 0 Å². The van der Waals surface area contributed by atoms with Crippen LogP contribution in [0.25, 0.3) is 0 Å². The van der Waals surface area contributed by atoms with Crippen LogP contribution in [0.1, 0.15) is 45.1 Å². The van der Waals surface area contributed by atoms with Crippen LogP contribution in [-0.4, -0.2) is 26.2 Å². The number of rotatable bonds is 6. The number of carbonyl (C=O) groups is 1. The van der Waals surface area contributed by atoms with Gasteiger partial charge in [-0.1, -0.05) is 38.8 Å². The Labute approximate surface area is 139 Å². The Balaban J connectivity index is 1.92. The van der Waals surface area contributed by atoms with Crippen molar-refractivity contribution in [3.8, 4) is 11.5 Å². The summed E-state index contributed by atoms with van der Waals surface area (Å²) in [7, 11) is 3.26. The van der Waals surface area contributed by atoms with Crippen LogP contribution >= 0.6 is 0 Å². The van der Waals surface area contributed by atoms with Gasteiger partial charge in [0.25, 0.3) is 0 Å². The lowest BCUT2D eigenvalue weighted by molar-refractivity contribution is -0.122. The molecule has 0 saturated heterocycles. The number of para-hydroxylation sites is 1. The Hall–Kier alpha value is -1.71. The SMILES string of the molecule is COc1cccc(CCC(=O)N[C@@H]2CCC[C@H](C)[C@@H]2C)c1OC. The molecule has 23 heavy (non-hydrogen) atoms. The molecule has 1 amide bonds. The third kappa shape index (κ3) is 4.40. The third-order valence-corrected chi connectivity index (χ3v) is 5.16. The van der Waals surface area contributed by atoms with Crippen molar-refractivity contribution in [2.24, 2.45) is 11.8 Å². The van der Waals surface area contributed by atoms with Gasteiger partial charge in [-0.25, -0.2) is 0 Å². The quantitative estimate of drug-likeness (QED) is 0.872. The fourth-order valence-corrected chi connectivity index (χ4v) is 3.46. The molecule has 0 aromatic heterocycles. The molecule has 0 radical (unpaired) electrons. The number of carbonyl (C=O) groups excluding carboxylic acids is 1. The molecule has 4 heteroatoms. The standard InChI is InChI=1S/C19H29NO3/c1-13-7-5-9-16(14(13)2)20-18(21)12-11-15-8-6-10-17(22-3)19(15)23-4/h6,8,10,13-14,16H,5,7,9,11-12H2,1-4H3,(H,20,21)/t13-,14-,16+/m0/s1. The average molecular weight is 319 g/mol. The highest BCUT2D eigenvalue weighted by Crippen LogP contribution is 2.32. The lowest BCUT2D eigenvalue weighted by Gasteiger charge is -2.34. The molecule has 0 bridgehead atoms. The second-order valence-corrected chi connectivity index (χ2v) is 6.59. The van der Waals surface area contributed by atoms with E-state index >= 15 is 0 Å². The van der Waals surface area contributed by atoms with Crippen molar-refractivity contribution < 1.29 is 14.3 Å².